The summed E-state index contributed by atoms with van der Waals surface area (Å²) in [5, 5.41) is 5.78. The predicted molar refractivity (Wildman–Crippen MR) is 94.0 cm³/mol. The Morgan fingerprint density at radius 1 is 1.08 bits per heavy atom. The van der Waals surface area contributed by atoms with Gasteiger partial charge >= 0.3 is 0 Å². The molecule has 0 unspecified atom stereocenters. The highest BCUT2D eigenvalue weighted by atomic mass is 16.2. The summed E-state index contributed by atoms with van der Waals surface area (Å²) >= 11 is 0. The van der Waals surface area contributed by atoms with E-state index in [1.165, 1.54) is 0 Å². The predicted octanol–water partition coefficient (Wildman–Crippen LogP) is 1.24. The molecule has 6 nitrogen and oxygen atoms in total. The summed E-state index contributed by atoms with van der Waals surface area (Å²) in [5.74, 6) is 0.0820. The van der Waals surface area contributed by atoms with Crippen molar-refractivity contribution in [1.82, 2.24) is 15.5 Å². The van der Waals surface area contributed by atoms with Gasteiger partial charge in [-0.05, 0) is 44.2 Å². The van der Waals surface area contributed by atoms with Crippen molar-refractivity contribution in [3.63, 3.8) is 0 Å². The van der Waals surface area contributed by atoms with Crippen molar-refractivity contribution in [1.29, 1.82) is 0 Å². The first kappa shape index (κ1) is 17.5. The lowest BCUT2D eigenvalue weighted by molar-refractivity contribution is -0.131. The molecule has 0 bridgehead atoms. The minimum Gasteiger partial charge on any atom is -0.353 e. The Balaban J connectivity index is 1.41. The summed E-state index contributed by atoms with van der Waals surface area (Å²) in [6.45, 7) is 3.12. The van der Waals surface area contributed by atoms with Crippen LogP contribution in [0.4, 0.5) is 0 Å². The molecular weight excluding hydrogens is 318 g/mol. The number of carbonyl (C=O) groups is 3. The summed E-state index contributed by atoms with van der Waals surface area (Å²) in [6, 6.07) is 7.48. The van der Waals surface area contributed by atoms with Crippen LogP contribution in [0.1, 0.15) is 41.6 Å². The van der Waals surface area contributed by atoms with Gasteiger partial charge in [0.15, 0.2) is 0 Å². The number of hydrogen-bond acceptors (Lipinski definition) is 3. The number of nitrogens with zero attached hydrogens (tertiary/aromatic N) is 1. The molecule has 25 heavy (non-hydrogen) atoms. The minimum absolute atomic E-state index is 0.00622. The van der Waals surface area contributed by atoms with E-state index >= 15 is 0 Å². The molecule has 0 spiro atoms. The highest BCUT2D eigenvalue weighted by Gasteiger charge is 2.32. The Hall–Kier alpha value is -2.37. The number of hydrogen-bond donors (Lipinski definition) is 2. The van der Waals surface area contributed by atoms with Gasteiger partial charge in [-0.2, -0.15) is 0 Å². The molecule has 2 N–H and O–H groups in total. The highest BCUT2D eigenvalue weighted by Crippen LogP contribution is 2.29. The number of rotatable bonds is 5. The Morgan fingerprint density at radius 2 is 1.76 bits per heavy atom. The van der Waals surface area contributed by atoms with Crippen LogP contribution in [0, 0.1) is 12.8 Å². The van der Waals surface area contributed by atoms with Gasteiger partial charge in [0, 0.05) is 30.6 Å². The van der Waals surface area contributed by atoms with E-state index < -0.39 is 0 Å². The van der Waals surface area contributed by atoms with Crippen molar-refractivity contribution in [2.24, 2.45) is 5.92 Å². The average molecular weight is 343 g/mol. The molecule has 1 aromatic rings. The van der Waals surface area contributed by atoms with Gasteiger partial charge in [0.05, 0.1) is 6.54 Å². The Morgan fingerprint density at radius 3 is 2.40 bits per heavy atom. The second-order valence-corrected chi connectivity index (χ2v) is 6.94. The van der Waals surface area contributed by atoms with Gasteiger partial charge in [-0.3, -0.25) is 14.4 Å². The fourth-order valence-corrected chi connectivity index (χ4v) is 3.13. The first-order chi connectivity index (χ1) is 12.0. The van der Waals surface area contributed by atoms with Gasteiger partial charge in [0.25, 0.3) is 5.91 Å². The molecular formula is C19H25N3O3. The van der Waals surface area contributed by atoms with Crippen LogP contribution < -0.4 is 10.6 Å². The summed E-state index contributed by atoms with van der Waals surface area (Å²) in [6.07, 6.45) is 3.55. The minimum atomic E-state index is -0.224. The number of aryl methyl sites for hydroxylation is 1. The van der Waals surface area contributed by atoms with Gasteiger partial charge in [-0.25, -0.2) is 0 Å². The van der Waals surface area contributed by atoms with Crippen LogP contribution in [-0.2, 0) is 9.59 Å². The van der Waals surface area contributed by atoms with E-state index in [0.717, 1.165) is 31.2 Å². The summed E-state index contributed by atoms with van der Waals surface area (Å²) in [7, 11) is 0. The van der Waals surface area contributed by atoms with E-state index in [2.05, 4.69) is 10.6 Å². The Kier molecular flexibility index (Phi) is 5.36. The van der Waals surface area contributed by atoms with Crippen molar-refractivity contribution in [2.45, 2.75) is 38.6 Å². The van der Waals surface area contributed by atoms with Crippen molar-refractivity contribution in [3.8, 4) is 0 Å². The van der Waals surface area contributed by atoms with Gasteiger partial charge in [-0.15, -0.1) is 0 Å². The van der Waals surface area contributed by atoms with Crippen LogP contribution in [0.15, 0.2) is 24.3 Å². The van der Waals surface area contributed by atoms with E-state index in [1.807, 2.05) is 25.1 Å². The maximum absolute atomic E-state index is 12.3. The van der Waals surface area contributed by atoms with Crippen LogP contribution >= 0.6 is 0 Å². The van der Waals surface area contributed by atoms with E-state index in [4.69, 9.17) is 0 Å². The van der Waals surface area contributed by atoms with E-state index in [1.54, 1.807) is 11.0 Å². The standard InChI is InChI=1S/C19H25N3O3/c1-13-4-2-3-5-16(13)19(25)20-12-17(23)22-10-8-15(9-11-22)21-18(24)14-6-7-14/h2-5,14-15H,6-12H2,1H3,(H,20,25)(H,21,24). The van der Waals surface area contributed by atoms with Crippen LogP contribution in [-0.4, -0.2) is 48.3 Å². The third-order valence-electron chi connectivity index (χ3n) is 4.93. The maximum Gasteiger partial charge on any atom is 0.251 e. The highest BCUT2D eigenvalue weighted by molar-refractivity contribution is 5.97. The number of piperidine rings is 1. The van der Waals surface area contributed by atoms with Crippen molar-refractivity contribution >= 4 is 17.7 Å². The Labute approximate surface area is 148 Å². The fraction of sp³-hybridized carbons (Fsp3) is 0.526. The second kappa shape index (κ2) is 7.68. The zero-order valence-corrected chi connectivity index (χ0v) is 14.6. The SMILES string of the molecule is Cc1ccccc1C(=O)NCC(=O)N1CCC(NC(=O)C2CC2)CC1. The van der Waals surface area contributed by atoms with Crippen LogP contribution in [0.25, 0.3) is 0 Å². The topological polar surface area (TPSA) is 78.5 Å². The quantitative estimate of drug-likeness (QED) is 0.844. The normalized spacial score (nSPS) is 17.9. The molecule has 1 heterocycles. The molecule has 134 valence electrons. The van der Waals surface area contributed by atoms with Crippen LogP contribution in [0.5, 0.6) is 0 Å². The zero-order chi connectivity index (χ0) is 17.8. The lowest BCUT2D eigenvalue weighted by Gasteiger charge is -2.32. The van der Waals surface area contributed by atoms with Gasteiger partial charge in [0.2, 0.25) is 11.8 Å². The number of likely N-dealkylation sites (tertiary alicyclic amines) is 1. The molecule has 0 atom stereocenters. The molecule has 1 aliphatic carbocycles. The second-order valence-electron chi connectivity index (χ2n) is 6.94. The molecule has 1 aromatic carbocycles. The lowest BCUT2D eigenvalue weighted by Crippen LogP contribution is -2.49. The first-order valence-corrected chi connectivity index (χ1v) is 8.96. The molecule has 1 saturated carbocycles. The third-order valence-corrected chi connectivity index (χ3v) is 4.93. The fourth-order valence-electron chi connectivity index (χ4n) is 3.13. The Bertz CT molecular complexity index is 662. The van der Waals surface area contributed by atoms with Gasteiger partial charge in [0.1, 0.15) is 0 Å². The average Bonchev–Trinajstić information content (AvgIpc) is 3.45. The molecule has 6 heteroatoms. The van der Waals surface area contributed by atoms with Gasteiger partial charge < -0.3 is 15.5 Å². The van der Waals surface area contributed by atoms with Crippen molar-refractivity contribution < 1.29 is 14.4 Å². The number of amides is 3. The van der Waals surface area contributed by atoms with Crippen LogP contribution in [0.3, 0.4) is 0 Å². The number of benzene rings is 1. The first-order valence-electron chi connectivity index (χ1n) is 8.96. The summed E-state index contributed by atoms with van der Waals surface area (Å²) in [4.78, 5) is 38.0. The number of nitrogens with one attached hydrogen (secondary N) is 2. The van der Waals surface area contributed by atoms with Gasteiger partial charge in [-0.1, -0.05) is 18.2 Å². The van der Waals surface area contributed by atoms with Crippen molar-refractivity contribution in [2.75, 3.05) is 19.6 Å². The lowest BCUT2D eigenvalue weighted by atomic mass is 10.0. The summed E-state index contributed by atoms with van der Waals surface area (Å²) in [5.41, 5.74) is 1.48. The third kappa shape index (κ3) is 4.59. The molecule has 2 fully saturated rings. The largest absolute Gasteiger partial charge is 0.353 e. The smallest absolute Gasteiger partial charge is 0.251 e. The van der Waals surface area contributed by atoms with E-state index in [0.29, 0.717) is 18.7 Å². The van der Waals surface area contributed by atoms with E-state index in [9.17, 15) is 14.4 Å². The molecule has 3 rings (SSSR count). The molecule has 1 aliphatic heterocycles. The van der Waals surface area contributed by atoms with Crippen LogP contribution in [0.2, 0.25) is 0 Å². The number of carbonyl (C=O) groups excluding carboxylic acids is 3. The molecule has 2 aliphatic rings. The van der Waals surface area contributed by atoms with E-state index in [-0.39, 0.29) is 36.2 Å². The van der Waals surface area contributed by atoms with Crippen molar-refractivity contribution in [3.05, 3.63) is 35.4 Å². The molecule has 0 radical (unpaired) electrons. The molecule has 0 aromatic heterocycles. The molecule has 1 saturated heterocycles. The summed E-state index contributed by atoms with van der Waals surface area (Å²) < 4.78 is 0. The zero-order valence-electron chi connectivity index (χ0n) is 14.6. The maximum atomic E-state index is 12.3. The molecule has 3 amide bonds. The monoisotopic (exact) mass is 343 g/mol.